The third-order valence-corrected chi connectivity index (χ3v) is 3.41. The van der Waals surface area contributed by atoms with E-state index >= 15 is 0 Å². The number of hydrogen-bond acceptors (Lipinski definition) is 4. The smallest absolute Gasteiger partial charge is 0.194 e. The first-order valence-corrected chi connectivity index (χ1v) is 5.51. The van der Waals surface area contributed by atoms with Crippen molar-refractivity contribution >= 4 is 18.0 Å². The van der Waals surface area contributed by atoms with E-state index in [1.165, 1.54) is 24.2 Å². The van der Waals surface area contributed by atoms with Crippen LogP contribution in [0.15, 0.2) is 10.7 Å². The van der Waals surface area contributed by atoms with Gasteiger partial charge in [0.2, 0.25) is 0 Å². The van der Waals surface area contributed by atoms with Crippen LogP contribution in [-0.2, 0) is 6.42 Å². The van der Waals surface area contributed by atoms with Gasteiger partial charge < -0.3 is 4.42 Å². The van der Waals surface area contributed by atoms with Crippen molar-refractivity contribution in [2.45, 2.75) is 12.8 Å². The fourth-order valence-corrected chi connectivity index (χ4v) is 2.75. The van der Waals surface area contributed by atoms with Crippen LogP contribution < -0.4 is 0 Å². The zero-order valence-electron chi connectivity index (χ0n) is 7.23. The second-order valence-corrected chi connectivity index (χ2v) is 4.37. The van der Waals surface area contributed by atoms with E-state index in [2.05, 4.69) is 4.98 Å². The van der Waals surface area contributed by atoms with Crippen LogP contribution >= 0.6 is 11.8 Å². The molecule has 1 unspecified atom stereocenters. The van der Waals surface area contributed by atoms with Crippen molar-refractivity contribution < 1.29 is 9.21 Å². The fraction of sp³-hybridized carbons (Fsp3) is 0.556. The number of carbonyl (C=O) groups is 1. The van der Waals surface area contributed by atoms with Crippen molar-refractivity contribution in [3.05, 3.63) is 17.8 Å². The molecule has 2 heterocycles. The van der Waals surface area contributed by atoms with Gasteiger partial charge >= 0.3 is 0 Å². The molecule has 1 atom stereocenters. The van der Waals surface area contributed by atoms with Gasteiger partial charge in [0.15, 0.2) is 12.2 Å². The molecule has 0 N–H and O–H groups in total. The molecule has 0 bridgehead atoms. The van der Waals surface area contributed by atoms with Crippen LogP contribution in [0.25, 0.3) is 0 Å². The standard InChI is InChI=1S/C9H11NO2S/c11-4-8-5-12-9(10-8)3-7-1-2-13-6-7/h4-5,7H,1-3,6H2. The zero-order valence-corrected chi connectivity index (χ0v) is 8.05. The molecule has 4 heteroatoms. The fourth-order valence-electron chi connectivity index (χ4n) is 1.46. The molecule has 0 saturated carbocycles. The van der Waals surface area contributed by atoms with E-state index in [0.717, 1.165) is 12.7 Å². The summed E-state index contributed by atoms with van der Waals surface area (Å²) in [5.74, 6) is 3.82. The number of rotatable bonds is 3. The Hall–Kier alpha value is -0.770. The van der Waals surface area contributed by atoms with Gasteiger partial charge in [-0.15, -0.1) is 0 Å². The van der Waals surface area contributed by atoms with Gasteiger partial charge in [0.1, 0.15) is 12.0 Å². The van der Waals surface area contributed by atoms with Crippen molar-refractivity contribution in [1.82, 2.24) is 4.98 Å². The summed E-state index contributed by atoms with van der Waals surface area (Å²) in [6, 6.07) is 0. The number of carbonyl (C=O) groups excluding carboxylic acids is 1. The second kappa shape index (κ2) is 3.96. The predicted octanol–water partition coefficient (Wildman–Crippen LogP) is 1.78. The summed E-state index contributed by atoms with van der Waals surface area (Å²) in [5, 5.41) is 0. The molecule has 1 aliphatic heterocycles. The Morgan fingerprint density at radius 1 is 1.77 bits per heavy atom. The molecule has 0 spiro atoms. The highest BCUT2D eigenvalue weighted by Gasteiger charge is 2.18. The number of aromatic nitrogens is 1. The molecule has 0 radical (unpaired) electrons. The summed E-state index contributed by atoms with van der Waals surface area (Å²) >= 11 is 1.97. The van der Waals surface area contributed by atoms with Crippen molar-refractivity contribution in [3.63, 3.8) is 0 Å². The number of nitrogens with zero attached hydrogens (tertiary/aromatic N) is 1. The molecule has 1 saturated heterocycles. The first kappa shape index (κ1) is 8.81. The number of hydrogen-bond donors (Lipinski definition) is 0. The zero-order chi connectivity index (χ0) is 9.10. The maximum absolute atomic E-state index is 10.3. The van der Waals surface area contributed by atoms with Crippen LogP contribution in [0.3, 0.4) is 0 Å². The Balaban J connectivity index is 1.96. The first-order chi connectivity index (χ1) is 6.38. The number of aldehydes is 1. The highest BCUT2D eigenvalue weighted by atomic mass is 32.2. The highest BCUT2D eigenvalue weighted by molar-refractivity contribution is 7.99. The molecule has 2 rings (SSSR count). The lowest BCUT2D eigenvalue weighted by molar-refractivity contribution is 0.111. The van der Waals surface area contributed by atoms with E-state index < -0.39 is 0 Å². The van der Waals surface area contributed by atoms with Gasteiger partial charge in [-0.1, -0.05) is 0 Å². The third kappa shape index (κ3) is 2.12. The first-order valence-electron chi connectivity index (χ1n) is 4.36. The quantitative estimate of drug-likeness (QED) is 0.693. The molecule has 0 amide bonds. The number of thioether (sulfide) groups is 1. The topological polar surface area (TPSA) is 43.1 Å². The molecule has 0 aromatic carbocycles. The maximum Gasteiger partial charge on any atom is 0.194 e. The minimum atomic E-state index is 0.403. The highest BCUT2D eigenvalue weighted by Crippen LogP contribution is 2.26. The minimum absolute atomic E-state index is 0.403. The molecule has 1 aromatic heterocycles. The molecule has 3 nitrogen and oxygen atoms in total. The Morgan fingerprint density at radius 2 is 2.69 bits per heavy atom. The lowest BCUT2D eigenvalue weighted by Crippen LogP contribution is -2.02. The van der Waals surface area contributed by atoms with Gasteiger partial charge in [0, 0.05) is 6.42 Å². The van der Waals surface area contributed by atoms with Crippen LogP contribution in [0, 0.1) is 5.92 Å². The van der Waals surface area contributed by atoms with Crippen LogP contribution in [0.4, 0.5) is 0 Å². The number of oxazole rings is 1. The van der Waals surface area contributed by atoms with Crippen LogP contribution in [0.2, 0.25) is 0 Å². The monoisotopic (exact) mass is 197 g/mol. The van der Waals surface area contributed by atoms with Crippen molar-refractivity contribution in [3.8, 4) is 0 Å². The molecule has 1 fully saturated rings. The second-order valence-electron chi connectivity index (χ2n) is 3.22. The van der Waals surface area contributed by atoms with E-state index in [9.17, 15) is 4.79 Å². The summed E-state index contributed by atoms with van der Waals surface area (Å²) < 4.78 is 5.17. The summed E-state index contributed by atoms with van der Waals surface area (Å²) in [7, 11) is 0. The van der Waals surface area contributed by atoms with E-state index in [1.54, 1.807) is 0 Å². The van der Waals surface area contributed by atoms with Gasteiger partial charge in [-0.05, 0) is 23.8 Å². The lowest BCUT2D eigenvalue weighted by atomic mass is 10.1. The Morgan fingerprint density at radius 3 is 3.31 bits per heavy atom. The van der Waals surface area contributed by atoms with E-state index in [4.69, 9.17) is 4.42 Å². The van der Waals surface area contributed by atoms with Crippen LogP contribution in [0.1, 0.15) is 22.8 Å². The Bertz CT molecular complexity index is 292. The summed E-state index contributed by atoms with van der Waals surface area (Å²) in [5.41, 5.74) is 0.403. The molecule has 1 aromatic rings. The van der Waals surface area contributed by atoms with E-state index in [1.807, 2.05) is 11.8 Å². The average molecular weight is 197 g/mol. The van der Waals surface area contributed by atoms with Gasteiger partial charge in [-0.3, -0.25) is 4.79 Å². The largest absolute Gasteiger partial charge is 0.448 e. The minimum Gasteiger partial charge on any atom is -0.448 e. The normalized spacial score (nSPS) is 22.0. The SMILES string of the molecule is O=Cc1coc(CC2CCSC2)n1. The molecule has 0 aliphatic carbocycles. The van der Waals surface area contributed by atoms with Gasteiger partial charge in [0.25, 0.3) is 0 Å². The Kier molecular flexibility index (Phi) is 2.68. The molecule has 1 aliphatic rings. The van der Waals surface area contributed by atoms with Crippen molar-refractivity contribution in [2.75, 3.05) is 11.5 Å². The van der Waals surface area contributed by atoms with Crippen LogP contribution in [0.5, 0.6) is 0 Å². The average Bonchev–Trinajstić information content (AvgIpc) is 2.76. The molecule has 13 heavy (non-hydrogen) atoms. The lowest BCUT2D eigenvalue weighted by Gasteiger charge is -2.02. The third-order valence-electron chi connectivity index (χ3n) is 2.18. The predicted molar refractivity (Wildman–Crippen MR) is 51.0 cm³/mol. The van der Waals surface area contributed by atoms with E-state index in [0.29, 0.717) is 17.5 Å². The van der Waals surface area contributed by atoms with Crippen molar-refractivity contribution in [1.29, 1.82) is 0 Å². The summed E-state index contributed by atoms with van der Waals surface area (Å²) in [6.45, 7) is 0. The maximum atomic E-state index is 10.3. The van der Waals surface area contributed by atoms with Gasteiger partial charge in [-0.2, -0.15) is 11.8 Å². The summed E-state index contributed by atoms with van der Waals surface area (Å²) in [6.07, 6.45) is 4.26. The molecular formula is C9H11NO2S. The van der Waals surface area contributed by atoms with Crippen LogP contribution in [-0.4, -0.2) is 22.8 Å². The van der Waals surface area contributed by atoms with Crippen molar-refractivity contribution in [2.24, 2.45) is 5.92 Å². The summed E-state index contributed by atoms with van der Waals surface area (Å²) in [4.78, 5) is 14.4. The molecular weight excluding hydrogens is 186 g/mol. The molecule has 70 valence electrons. The van der Waals surface area contributed by atoms with Gasteiger partial charge in [-0.25, -0.2) is 4.98 Å². The Labute approximate surface area is 80.9 Å². The van der Waals surface area contributed by atoms with E-state index in [-0.39, 0.29) is 0 Å². The van der Waals surface area contributed by atoms with Gasteiger partial charge in [0.05, 0.1) is 0 Å².